The summed E-state index contributed by atoms with van der Waals surface area (Å²) in [5, 5.41) is 27.2. The second-order valence-corrected chi connectivity index (χ2v) is 6.84. The molecule has 11 nitrogen and oxygen atoms in total. The van der Waals surface area contributed by atoms with E-state index in [-0.39, 0.29) is 0 Å². The van der Waals surface area contributed by atoms with Crippen molar-refractivity contribution >= 4 is 17.0 Å². The number of hydrogen-bond acceptors (Lipinski definition) is 8. The van der Waals surface area contributed by atoms with Gasteiger partial charge < -0.3 is 24.8 Å². The Morgan fingerprint density at radius 1 is 1.21 bits per heavy atom. The van der Waals surface area contributed by atoms with Crippen LogP contribution in [0.3, 0.4) is 0 Å². The molecule has 0 radical (unpaired) electrons. The number of hydrogen-bond donors (Lipinski definition) is 3. The van der Waals surface area contributed by atoms with Crippen molar-refractivity contribution in [3.05, 3.63) is 59.0 Å². The number of ether oxygens (including phenoxy) is 1. The van der Waals surface area contributed by atoms with Crippen LogP contribution in [-0.4, -0.2) is 60.3 Å². The Balaban J connectivity index is 1.58. The standard InChI is InChI=1S/C18H20N8O3/c1-10-12(24-25-19)14(27)15(28)18(29-10)23-16-13-17(21-8-20-16)26(9-22-13)7-11-5-3-2-4-6-11/h2-6,8-10,12,14-15,18,27-28H,7H2,1H3,(H,20,21,23)/t10-,12-,14+,15+,18-/m0/s1. The summed E-state index contributed by atoms with van der Waals surface area (Å²) in [5.74, 6) is 0.368. The molecule has 0 aliphatic carbocycles. The van der Waals surface area contributed by atoms with E-state index in [1.54, 1.807) is 13.3 Å². The van der Waals surface area contributed by atoms with Gasteiger partial charge in [-0.2, -0.15) is 0 Å². The van der Waals surface area contributed by atoms with E-state index in [2.05, 4.69) is 30.3 Å². The van der Waals surface area contributed by atoms with Crippen LogP contribution in [0.4, 0.5) is 5.82 Å². The highest BCUT2D eigenvalue weighted by atomic mass is 16.5. The quantitative estimate of drug-likeness (QED) is 0.335. The van der Waals surface area contributed by atoms with Gasteiger partial charge in [-0.25, -0.2) is 15.0 Å². The first kappa shape index (κ1) is 19.1. The minimum Gasteiger partial charge on any atom is -0.390 e. The SMILES string of the molecule is C[C@@H]1O[C@H](Nc2ncnc3c2ncn3Cc2ccccc2)[C@H](O)[C@H](O)[C@H]1N=[N+]=[N-]. The van der Waals surface area contributed by atoms with Crippen LogP contribution in [0.2, 0.25) is 0 Å². The van der Waals surface area contributed by atoms with Gasteiger partial charge in [0, 0.05) is 4.91 Å². The molecule has 0 spiro atoms. The normalized spacial score (nSPS) is 26.8. The molecule has 1 fully saturated rings. The van der Waals surface area contributed by atoms with Crippen molar-refractivity contribution in [3.8, 4) is 0 Å². The maximum atomic E-state index is 10.4. The van der Waals surface area contributed by atoms with Crippen LogP contribution in [0, 0.1) is 0 Å². The Kier molecular flexibility index (Phi) is 5.28. The highest BCUT2D eigenvalue weighted by molar-refractivity contribution is 5.82. The van der Waals surface area contributed by atoms with E-state index in [4.69, 9.17) is 10.3 Å². The molecule has 1 saturated heterocycles. The number of anilines is 1. The predicted octanol–water partition coefficient (Wildman–Crippen LogP) is 1.43. The zero-order valence-electron chi connectivity index (χ0n) is 15.6. The fourth-order valence-corrected chi connectivity index (χ4v) is 3.41. The van der Waals surface area contributed by atoms with E-state index in [9.17, 15) is 10.2 Å². The fourth-order valence-electron chi connectivity index (χ4n) is 3.41. The van der Waals surface area contributed by atoms with Gasteiger partial charge in [0.1, 0.15) is 12.4 Å². The lowest BCUT2D eigenvalue weighted by Crippen LogP contribution is -2.58. The van der Waals surface area contributed by atoms with Crippen LogP contribution >= 0.6 is 0 Å². The van der Waals surface area contributed by atoms with Gasteiger partial charge >= 0.3 is 0 Å². The molecule has 150 valence electrons. The van der Waals surface area contributed by atoms with Gasteiger partial charge in [0.15, 0.2) is 23.2 Å². The first-order chi connectivity index (χ1) is 14.1. The second-order valence-electron chi connectivity index (χ2n) is 6.84. The number of benzene rings is 1. The van der Waals surface area contributed by atoms with E-state index in [0.717, 1.165) is 5.56 Å². The number of imidazole rings is 1. The number of azide groups is 1. The number of aliphatic hydroxyl groups is 2. The topological polar surface area (TPSA) is 154 Å². The average Bonchev–Trinajstić information content (AvgIpc) is 3.14. The summed E-state index contributed by atoms with van der Waals surface area (Å²) in [5.41, 5.74) is 10.9. The molecule has 0 saturated carbocycles. The molecule has 2 aromatic heterocycles. The molecule has 3 aromatic rings. The Hall–Kier alpha value is -3.24. The van der Waals surface area contributed by atoms with Crippen LogP contribution in [-0.2, 0) is 11.3 Å². The van der Waals surface area contributed by atoms with E-state index in [0.29, 0.717) is 23.5 Å². The molecule has 3 N–H and O–H groups in total. The number of rotatable bonds is 5. The number of fused-ring (bicyclic) bond motifs is 1. The summed E-state index contributed by atoms with van der Waals surface area (Å²) in [6.07, 6.45) is -1.09. The van der Waals surface area contributed by atoms with Crippen molar-refractivity contribution in [1.82, 2.24) is 19.5 Å². The zero-order valence-corrected chi connectivity index (χ0v) is 15.6. The van der Waals surface area contributed by atoms with E-state index < -0.39 is 30.6 Å². The van der Waals surface area contributed by atoms with Crippen LogP contribution < -0.4 is 5.32 Å². The second kappa shape index (κ2) is 8.02. The Bertz CT molecular complexity index is 1040. The summed E-state index contributed by atoms with van der Waals surface area (Å²) in [4.78, 5) is 15.6. The number of aromatic nitrogens is 4. The Morgan fingerprint density at radius 2 is 2.00 bits per heavy atom. The van der Waals surface area contributed by atoms with Crippen molar-refractivity contribution in [2.75, 3.05) is 5.32 Å². The number of aliphatic hydroxyl groups excluding tert-OH is 2. The minimum absolute atomic E-state index is 0.368. The molecule has 1 aromatic carbocycles. The third-order valence-corrected chi connectivity index (χ3v) is 4.91. The number of nitrogens with one attached hydrogen (secondary N) is 1. The van der Waals surface area contributed by atoms with Gasteiger partial charge in [-0.15, -0.1) is 0 Å². The Morgan fingerprint density at radius 3 is 2.76 bits per heavy atom. The lowest BCUT2D eigenvalue weighted by Gasteiger charge is -2.40. The Labute approximate surface area is 165 Å². The molecule has 11 heteroatoms. The lowest BCUT2D eigenvalue weighted by atomic mass is 9.97. The largest absolute Gasteiger partial charge is 0.390 e. The molecule has 1 aliphatic rings. The number of nitrogens with zero attached hydrogens (tertiary/aromatic N) is 7. The summed E-state index contributed by atoms with van der Waals surface area (Å²) in [7, 11) is 0. The molecule has 5 atom stereocenters. The van der Waals surface area contributed by atoms with Gasteiger partial charge in [0.05, 0.1) is 31.1 Å². The van der Waals surface area contributed by atoms with Gasteiger partial charge in [0.2, 0.25) is 0 Å². The maximum Gasteiger partial charge on any atom is 0.165 e. The smallest absolute Gasteiger partial charge is 0.165 e. The summed E-state index contributed by atoms with van der Waals surface area (Å²) in [6.45, 7) is 2.26. The predicted molar refractivity (Wildman–Crippen MR) is 104 cm³/mol. The first-order valence-corrected chi connectivity index (χ1v) is 9.10. The van der Waals surface area contributed by atoms with Crippen molar-refractivity contribution in [3.63, 3.8) is 0 Å². The molecular formula is C18H20N8O3. The third kappa shape index (κ3) is 3.71. The van der Waals surface area contributed by atoms with Gasteiger partial charge in [-0.3, -0.25) is 0 Å². The molecule has 0 amide bonds. The highest BCUT2D eigenvalue weighted by Crippen LogP contribution is 2.26. The van der Waals surface area contributed by atoms with Crippen LogP contribution in [0.25, 0.3) is 21.6 Å². The van der Waals surface area contributed by atoms with E-state index in [1.165, 1.54) is 6.33 Å². The summed E-state index contributed by atoms with van der Waals surface area (Å²) >= 11 is 0. The van der Waals surface area contributed by atoms with Crippen molar-refractivity contribution in [1.29, 1.82) is 0 Å². The zero-order chi connectivity index (χ0) is 20.4. The molecule has 0 bridgehead atoms. The van der Waals surface area contributed by atoms with Crippen molar-refractivity contribution in [2.24, 2.45) is 5.11 Å². The maximum absolute atomic E-state index is 10.4. The average molecular weight is 396 g/mol. The van der Waals surface area contributed by atoms with Crippen LogP contribution in [0.5, 0.6) is 0 Å². The lowest BCUT2D eigenvalue weighted by molar-refractivity contribution is -0.163. The van der Waals surface area contributed by atoms with Crippen molar-refractivity contribution in [2.45, 2.75) is 44.1 Å². The van der Waals surface area contributed by atoms with Gasteiger partial charge in [0.25, 0.3) is 0 Å². The molecule has 3 heterocycles. The fraction of sp³-hybridized carbons (Fsp3) is 0.389. The first-order valence-electron chi connectivity index (χ1n) is 9.10. The monoisotopic (exact) mass is 396 g/mol. The summed E-state index contributed by atoms with van der Waals surface area (Å²) < 4.78 is 7.60. The summed E-state index contributed by atoms with van der Waals surface area (Å²) in [6, 6.07) is 9.03. The van der Waals surface area contributed by atoms with Crippen LogP contribution in [0.1, 0.15) is 12.5 Å². The van der Waals surface area contributed by atoms with Gasteiger partial charge in [-0.1, -0.05) is 35.4 Å². The van der Waals surface area contributed by atoms with E-state index in [1.807, 2.05) is 34.9 Å². The third-order valence-electron chi connectivity index (χ3n) is 4.91. The molecular weight excluding hydrogens is 376 g/mol. The highest BCUT2D eigenvalue weighted by Gasteiger charge is 2.42. The van der Waals surface area contributed by atoms with Crippen LogP contribution in [0.15, 0.2) is 48.1 Å². The minimum atomic E-state index is -1.32. The molecule has 29 heavy (non-hydrogen) atoms. The molecule has 4 rings (SSSR count). The van der Waals surface area contributed by atoms with Crippen molar-refractivity contribution < 1.29 is 14.9 Å². The van der Waals surface area contributed by atoms with Gasteiger partial charge in [-0.05, 0) is 18.0 Å². The molecule has 0 unspecified atom stereocenters. The van der Waals surface area contributed by atoms with E-state index >= 15 is 0 Å². The molecule has 1 aliphatic heterocycles.